The smallest absolute Gasteiger partial charge is 0.311 e. The van der Waals surface area contributed by atoms with E-state index in [9.17, 15) is 9.90 Å². The van der Waals surface area contributed by atoms with E-state index >= 15 is 0 Å². The second kappa shape index (κ2) is 5.87. The first kappa shape index (κ1) is 13.6. The maximum Gasteiger partial charge on any atom is 0.311 e. The average Bonchev–Trinajstić information content (AvgIpc) is 2.73. The molecule has 0 saturated carbocycles. The van der Waals surface area contributed by atoms with Crippen molar-refractivity contribution in [2.45, 2.75) is 12.3 Å². The third-order valence-corrected chi connectivity index (χ3v) is 4.39. The Morgan fingerprint density at radius 2 is 1.94 bits per heavy atom. The van der Waals surface area contributed by atoms with Crippen LogP contribution in [0.1, 0.15) is 16.4 Å². The predicted molar refractivity (Wildman–Crippen MR) is 77.6 cm³/mol. The van der Waals surface area contributed by atoms with Crippen LogP contribution in [0.25, 0.3) is 0 Å². The quantitative estimate of drug-likeness (QED) is 0.881. The molecule has 0 aliphatic carbocycles. The number of hydrogen-bond acceptors (Lipinski definition) is 2. The molecule has 0 bridgehead atoms. The van der Waals surface area contributed by atoms with Gasteiger partial charge in [-0.25, -0.2) is 0 Å². The largest absolute Gasteiger partial charge is 0.481 e. The lowest BCUT2D eigenvalue weighted by atomic mass is 9.95. The minimum Gasteiger partial charge on any atom is -0.481 e. The fraction of sp³-hybridized carbons (Fsp3) is 0.154. The highest BCUT2D eigenvalue weighted by Gasteiger charge is 2.21. The van der Waals surface area contributed by atoms with Crippen molar-refractivity contribution in [2.75, 3.05) is 0 Å². The van der Waals surface area contributed by atoms with Crippen molar-refractivity contribution < 1.29 is 9.90 Å². The Morgan fingerprint density at radius 3 is 2.44 bits per heavy atom. The van der Waals surface area contributed by atoms with E-state index in [-0.39, 0.29) is 0 Å². The Labute approximate surface area is 122 Å². The first-order valence-electron chi connectivity index (χ1n) is 5.29. The van der Waals surface area contributed by atoms with Crippen LogP contribution in [0, 0.1) is 0 Å². The summed E-state index contributed by atoms with van der Waals surface area (Å²) < 4.78 is 1.62. The topological polar surface area (TPSA) is 37.3 Å². The average molecular weight is 346 g/mol. The van der Waals surface area contributed by atoms with Gasteiger partial charge in [0.05, 0.1) is 10.3 Å². The maximum atomic E-state index is 11.4. The summed E-state index contributed by atoms with van der Waals surface area (Å²) in [6.07, 6.45) is 0.467. The number of aliphatic carboxylic acids is 1. The van der Waals surface area contributed by atoms with Gasteiger partial charge in [-0.1, -0.05) is 39.7 Å². The van der Waals surface area contributed by atoms with Gasteiger partial charge in [-0.2, -0.15) is 0 Å². The lowest BCUT2D eigenvalue weighted by molar-refractivity contribution is -0.138. The van der Waals surface area contributed by atoms with E-state index in [1.807, 2.05) is 30.3 Å². The number of hydrogen-bond donors (Lipinski definition) is 1. The molecule has 94 valence electrons. The van der Waals surface area contributed by atoms with Gasteiger partial charge in [0.15, 0.2) is 0 Å². The first-order valence-corrected chi connectivity index (χ1v) is 7.27. The molecule has 0 amide bonds. The van der Waals surface area contributed by atoms with Gasteiger partial charge in [0.25, 0.3) is 0 Å². The summed E-state index contributed by atoms with van der Waals surface area (Å²) in [4.78, 5) is 12.3. The van der Waals surface area contributed by atoms with Crippen LogP contribution in [0.3, 0.4) is 0 Å². The molecule has 1 atom stereocenters. The lowest BCUT2D eigenvalue weighted by Gasteiger charge is -2.11. The third-order valence-electron chi connectivity index (χ3n) is 2.60. The van der Waals surface area contributed by atoms with Crippen molar-refractivity contribution in [1.29, 1.82) is 0 Å². The van der Waals surface area contributed by atoms with Crippen LogP contribution in [-0.2, 0) is 11.2 Å². The van der Waals surface area contributed by atoms with Crippen molar-refractivity contribution in [3.63, 3.8) is 0 Å². The molecule has 5 heteroatoms. The van der Waals surface area contributed by atoms with Crippen molar-refractivity contribution in [2.24, 2.45) is 0 Å². The lowest BCUT2D eigenvalue weighted by Crippen LogP contribution is -2.13. The molecule has 1 N–H and O–H groups in total. The number of carboxylic acids is 1. The molecule has 2 rings (SSSR count). The zero-order chi connectivity index (χ0) is 13.1. The van der Waals surface area contributed by atoms with Crippen LogP contribution >= 0.6 is 38.9 Å². The number of carboxylic acid groups (broad SMARTS) is 1. The fourth-order valence-electron chi connectivity index (χ4n) is 1.71. The number of carbonyl (C=O) groups is 1. The van der Waals surface area contributed by atoms with Gasteiger partial charge in [-0.3, -0.25) is 4.79 Å². The number of thiophene rings is 1. The van der Waals surface area contributed by atoms with E-state index in [1.54, 1.807) is 6.07 Å². The van der Waals surface area contributed by atoms with Crippen molar-refractivity contribution >= 4 is 44.8 Å². The molecule has 0 fully saturated rings. The first-order chi connectivity index (χ1) is 8.56. The predicted octanol–water partition coefficient (Wildman–Crippen LogP) is 4.57. The van der Waals surface area contributed by atoms with Gasteiger partial charge in [0.2, 0.25) is 0 Å². The number of rotatable bonds is 4. The Kier molecular flexibility index (Phi) is 4.43. The molecule has 0 saturated heterocycles. The van der Waals surface area contributed by atoms with Gasteiger partial charge >= 0.3 is 5.97 Å². The summed E-state index contributed by atoms with van der Waals surface area (Å²) in [6.45, 7) is 0. The van der Waals surface area contributed by atoms with Crippen LogP contribution in [-0.4, -0.2) is 11.1 Å². The minimum atomic E-state index is -0.818. The third kappa shape index (κ3) is 3.34. The maximum absolute atomic E-state index is 11.4. The zero-order valence-electron chi connectivity index (χ0n) is 9.27. The molecule has 1 aromatic heterocycles. The second-order valence-electron chi connectivity index (χ2n) is 3.85. The molecular weight excluding hydrogens is 336 g/mol. The molecule has 1 aromatic carbocycles. The molecule has 1 heterocycles. The summed E-state index contributed by atoms with van der Waals surface area (Å²) in [5, 5.41) is 9.32. The van der Waals surface area contributed by atoms with Gasteiger partial charge in [0, 0.05) is 9.35 Å². The van der Waals surface area contributed by atoms with Crippen molar-refractivity contribution in [3.8, 4) is 0 Å². The van der Waals surface area contributed by atoms with Crippen LogP contribution < -0.4 is 0 Å². The highest BCUT2D eigenvalue weighted by atomic mass is 79.9. The summed E-state index contributed by atoms with van der Waals surface area (Å²) in [6, 6.07) is 11.0. The zero-order valence-corrected chi connectivity index (χ0v) is 12.4. The Morgan fingerprint density at radius 1 is 1.28 bits per heavy atom. The monoisotopic (exact) mass is 344 g/mol. The standard InChI is InChI=1S/C13H10BrClO2S/c14-9-3-1-8(2-4-9)11(13(16)17)7-10-5-6-12(15)18-10/h1-6,11H,7H2,(H,16,17). The van der Waals surface area contributed by atoms with E-state index in [4.69, 9.17) is 11.6 Å². The Hall–Kier alpha value is -0.840. The molecule has 1 unspecified atom stereocenters. The highest BCUT2D eigenvalue weighted by molar-refractivity contribution is 9.10. The summed E-state index contributed by atoms with van der Waals surface area (Å²) in [7, 11) is 0. The molecule has 18 heavy (non-hydrogen) atoms. The van der Waals surface area contributed by atoms with Gasteiger partial charge in [-0.15, -0.1) is 11.3 Å². The van der Waals surface area contributed by atoms with Crippen LogP contribution in [0.2, 0.25) is 4.34 Å². The van der Waals surface area contributed by atoms with E-state index in [2.05, 4.69) is 15.9 Å². The highest BCUT2D eigenvalue weighted by Crippen LogP contribution is 2.28. The van der Waals surface area contributed by atoms with E-state index in [1.165, 1.54) is 11.3 Å². The minimum absolute atomic E-state index is 0.467. The normalized spacial score (nSPS) is 12.3. The van der Waals surface area contributed by atoms with Crippen molar-refractivity contribution in [3.05, 3.63) is 55.6 Å². The van der Waals surface area contributed by atoms with Crippen LogP contribution in [0.5, 0.6) is 0 Å². The molecule has 0 aliphatic heterocycles. The van der Waals surface area contributed by atoms with Gasteiger partial charge in [-0.05, 0) is 36.2 Å². The molecule has 0 spiro atoms. The fourth-order valence-corrected chi connectivity index (χ4v) is 3.10. The molecule has 0 radical (unpaired) electrons. The number of halogens is 2. The molecule has 2 nitrogen and oxygen atoms in total. The molecular formula is C13H10BrClO2S. The summed E-state index contributed by atoms with van der Waals surface area (Å²) in [5.41, 5.74) is 0.801. The van der Waals surface area contributed by atoms with E-state index in [0.29, 0.717) is 10.8 Å². The van der Waals surface area contributed by atoms with E-state index in [0.717, 1.165) is 14.9 Å². The van der Waals surface area contributed by atoms with Gasteiger partial charge < -0.3 is 5.11 Å². The Bertz CT molecular complexity index is 550. The van der Waals surface area contributed by atoms with Crippen molar-refractivity contribution in [1.82, 2.24) is 0 Å². The molecule has 0 aliphatic rings. The number of benzene rings is 1. The Balaban J connectivity index is 2.23. The summed E-state index contributed by atoms with van der Waals surface area (Å²) in [5.74, 6) is -1.35. The van der Waals surface area contributed by atoms with Crippen LogP contribution in [0.15, 0.2) is 40.9 Å². The van der Waals surface area contributed by atoms with E-state index < -0.39 is 11.9 Å². The molecule has 2 aromatic rings. The van der Waals surface area contributed by atoms with Crippen LogP contribution in [0.4, 0.5) is 0 Å². The SMILES string of the molecule is O=C(O)C(Cc1ccc(Cl)s1)c1ccc(Br)cc1. The summed E-state index contributed by atoms with van der Waals surface area (Å²) >= 11 is 10.6. The van der Waals surface area contributed by atoms with Gasteiger partial charge in [0.1, 0.15) is 0 Å². The second-order valence-corrected chi connectivity index (χ2v) is 6.57.